The van der Waals surface area contributed by atoms with Gasteiger partial charge in [0, 0.05) is 19.7 Å². The molecule has 1 aliphatic heterocycles. The van der Waals surface area contributed by atoms with Crippen LogP contribution >= 0.6 is 0 Å². The molecule has 1 heterocycles. The average molecular weight is 269 g/mol. The van der Waals surface area contributed by atoms with Crippen LogP contribution in [0.5, 0.6) is 0 Å². The highest BCUT2D eigenvalue weighted by Gasteiger charge is 2.45. The van der Waals surface area contributed by atoms with Gasteiger partial charge in [-0.15, -0.1) is 0 Å². The number of hydrogen-bond acceptors (Lipinski definition) is 3. The number of fused-ring (bicyclic) bond motifs is 1. The van der Waals surface area contributed by atoms with Crippen molar-refractivity contribution in [3.05, 3.63) is 0 Å². The minimum absolute atomic E-state index is 0.171. The predicted molar refractivity (Wildman–Crippen MR) is 74.2 cm³/mol. The Morgan fingerprint density at radius 1 is 1.37 bits per heavy atom. The topological polar surface area (TPSA) is 49.8 Å². The van der Waals surface area contributed by atoms with Crippen LogP contribution in [0, 0.1) is 5.92 Å². The van der Waals surface area contributed by atoms with E-state index in [4.69, 9.17) is 4.74 Å². The molecule has 0 amide bonds. The zero-order valence-corrected chi connectivity index (χ0v) is 12.4. The molecule has 1 saturated heterocycles. The van der Waals surface area contributed by atoms with Crippen molar-refractivity contribution in [1.29, 1.82) is 0 Å². The highest BCUT2D eigenvalue weighted by molar-refractivity contribution is 5.74. The highest BCUT2D eigenvalue weighted by atomic mass is 16.5. The third-order valence-corrected chi connectivity index (χ3v) is 5.03. The fraction of sp³-hybridized carbons (Fsp3) is 0.933. The third kappa shape index (κ3) is 3.29. The van der Waals surface area contributed by atoms with Gasteiger partial charge in [0.05, 0.1) is 5.60 Å². The summed E-state index contributed by atoms with van der Waals surface area (Å²) in [6, 6.07) is 0.211. The molecule has 2 fully saturated rings. The van der Waals surface area contributed by atoms with Gasteiger partial charge in [0.1, 0.15) is 6.04 Å². The van der Waals surface area contributed by atoms with E-state index < -0.39 is 5.97 Å². The quantitative estimate of drug-likeness (QED) is 0.833. The van der Waals surface area contributed by atoms with Crippen LogP contribution in [-0.4, -0.2) is 47.3 Å². The first-order chi connectivity index (χ1) is 8.94. The molecule has 0 spiro atoms. The third-order valence-electron chi connectivity index (χ3n) is 5.03. The van der Waals surface area contributed by atoms with E-state index in [1.165, 1.54) is 25.7 Å². The van der Waals surface area contributed by atoms with E-state index in [9.17, 15) is 9.90 Å². The smallest absolute Gasteiger partial charge is 0.320 e. The summed E-state index contributed by atoms with van der Waals surface area (Å²) in [5, 5.41) is 9.44. The highest BCUT2D eigenvalue weighted by Crippen LogP contribution is 2.40. The van der Waals surface area contributed by atoms with Crippen molar-refractivity contribution in [2.75, 3.05) is 13.7 Å². The van der Waals surface area contributed by atoms with Crippen LogP contribution in [0.15, 0.2) is 0 Å². The lowest BCUT2D eigenvalue weighted by molar-refractivity contribution is -0.143. The number of likely N-dealkylation sites (tertiary alicyclic amines) is 1. The molecular weight excluding hydrogens is 242 g/mol. The minimum Gasteiger partial charge on any atom is -0.480 e. The molecule has 1 N–H and O–H groups in total. The van der Waals surface area contributed by atoms with E-state index in [0.717, 1.165) is 19.4 Å². The second kappa shape index (κ2) is 5.80. The van der Waals surface area contributed by atoms with Crippen molar-refractivity contribution >= 4 is 5.97 Å². The summed E-state index contributed by atoms with van der Waals surface area (Å²) >= 11 is 0. The summed E-state index contributed by atoms with van der Waals surface area (Å²) < 4.78 is 5.46. The molecule has 19 heavy (non-hydrogen) atoms. The number of carboxylic acid groups (broad SMARTS) is 1. The van der Waals surface area contributed by atoms with E-state index in [0.29, 0.717) is 12.0 Å². The van der Waals surface area contributed by atoms with Crippen molar-refractivity contribution in [2.24, 2.45) is 5.92 Å². The van der Waals surface area contributed by atoms with Crippen LogP contribution in [0.25, 0.3) is 0 Å². The SMILES string of the molecule is COC(C)(C)CCN1C(C(=O)O)CC2CCCCC21. The summed E-state index contributed by atoms with van der Waals surface area (Å²) in [5.74, 6) is -0.0508. The van der Waals surface area contributed by atoms with Crippen LogP contribution < -0.4 is 0 Å². The number of carboxylic acids is 1. The molecule has 0 bridgehead atoms. The number of methoxy groups -OCH3 is 1. The van der Waals surface area contributed by atoms with E-state index in [1.54, 1.807) is 7.11 Å². The summed E-state index contributed by atoms with van der Waals surface area (Å²) in [4.78, 5) is 13.7. The Hall–Kier alpha value is -0.610. The number of nitrogens with zero attached hydrogens (tertiary/aromatic N) is 1. The van der Waals surface area contributed by atoms with Crippen molar-refractivity contribution < 1.29 is 14.6 Å². The fourth-order valence-electron chi connectivity index (χ4n) is 3.62. The summed E-state index contributed by atoms with van der Waals surface area (Å²) in [6.45, 7) is 4.97. The van der Waals surface area contributed by atoms with Gasteiger partial charge < -0.3 is 9.84 Å². The van der Waals surface area contributed by atoms with Gasteiger partial charge in [0.25, 0.3) is 0 Å². The maximum Gasteiger partial charge on any atom is 0.320 e. The van der Waals surface area contributed by atoms with Gasteiger partial charge in [-0.05, 0) is 45.4 Å². The van der Waals surface area contributed by atoms with Crippen LogP contribution in [0.1, 0.15) is 52.4 Å². The molecule has 2 rings (SSSR count). The first kappa shape index (κ1) is 14.8. The van der Waals surface area contributed by atoms with Crippen molar-refractivity contribution in [1.82, 2.24) is 4.90 Å². The molecule has 0 aromatic carbocycles. The van der Waals surface area contributed by atoms with Gasteiger partial charge in [-0.3, -0.25) is 9.69 Å². The first-order valence-corrected chi connectivity index (χ1v) is 7.48. The van der Waals surface area contributed by atoms with Gasteiger partial charge >= 0.3 is 5.97 Å². The van der Waals surface area contributed by atoms with Crippen LogP contribution in [0.3, 0.4) is 0 Å². The van der Waals surface area contributed by atoms with Crippen LogP contribution in [0.2, 0.25) is 0 Å². The molecule has 2 aliphatic rings. The Labute approximate surface area is 116 Å². The average Bonchev–Trinajstić information content (AvgIpc) is 2.75. The Morgan fingerprint density at radius 3 is 2.68 bits per heavy atom. The molecular formula is C15H27NO3. The van der Waals surface area contributed by atoms with E-state index in [1.807, 2.05) is 0 Å². The van der Waals surface area contributed by atoms with Crippen LogP contribution in [-0.2, 0) is 9.53 Å². The Morgan fingerprint density at radius 2 is 2.05 bits per heavy atom. The fourth-order valence-corrected chi connectivity index (χ4v) is 3.62. The number of aliphatic carboxylic acids is 1. The second-order valence-electron chi connectivity index (χ2n) is 6.65. The largest absolute Gasteiger partial charge is 0.480 e. The monoisotopic (exact) mass is 269 g/mol. The van der Waals surface area contributed by atoms with E-state index in [2.05, 4.69) is 18.7 Å². The van der Waals surface area contributed by atoms with Gasteiger partial charge in [0.2, 0.25) is 0 Å². The minimum atomic E-state index is -0.648. The standard InChI is InChI=1S/C15H27NO3/c1-15(2,19-3)8-9-16-12-7-5-4-6-11(12)10-13(16)14(17)18/h11-13H,4-10H2,1-3H3,(H,17,18). The van der Waals surface area contributed by atoms with Crippen molar-refractivity contribution in [3.63, 3.8) is 0 Å². The summed E-state index contributed by atoms with van der Waals surface area (Å²) in [7, 11) is 1.72. The van der Waals surface area contributed by atoms with Crippen molar-refractivity contribution in [3.8, 4) is 0 Å². The van der Waals surface area contributed by atoms with E-state index >= 15 is 0 Å². The maximum atomic E-state index is 11.5. The molecule has 110 valence electrons. The lowest BCUT2D eigenvalue weighted by atomic mass is 9.84. The summed E-state index contributed by atoms with van der Waals surface area (Å²) in [6.07, 6.45) is 6.62. The lowest BCUT2D eigenvalue weighted by Crippen LogP contribution is -2.44. The predicted octanol–water partition coefficient (Wildman–Crippen LogP) is 2.52. The van der Waals surface area contributed by atoms with Crippen LogP contribution in [0.4, 0.5) is 0 Å². The maximum absolute atomic E-state index is 11.5. The zero-order valence-electron chi connectivity index (χ0n) is 12.4. The molecule has 0 aromatic rings. The Kier molecular flexibility index (Phi) is 4.51. The Bertz CT molecular complexity index is 329. The molecule has 4 heteroatoms. The Balaban J connectivity index is 2.03. The van der Waals surface area contributed by atoms with Gasteiger partial charge in [-0.1, -0.05) is 12.8 Å². The van der Waals surface area contributed by atoms with Gasteiger partial charge in [-0.2, -0.15) is 0 Å². The molecule has 0 aromatic heterocycles. The normalized spacial score (nSPS) is 32.3. The molecule has 4 nitrogen and oxygen atoms in total. The molecule has 1 saturated carbocycles. The molecule has 1 aliphatic carbocycles. The number of ether oxygens (including phenoxy) is 1. The van der Waals surface area contributed by atoms with Gasteiger partial charge in [0.15, 0.2) is 0 Å². The van der Waals surface area contributed by atoms with Gasteiger partial charge in [-0.25, -0.2) is 0 Å². The first-order valence-electron chi connectivity index (χ1n) is 7.48. The number of hydrogen-bond donors (Lipinski definition) is 1. The molecule has 0 radical (unpaired) electrons. The zero-order chi connectivity index (χ0) is 14.0. The molecule has 3 unspecified atom stereocenters. The lowest BCUT2D eigenvalue weighted by Gasteiger charge is -2.35. The summed E-state index contributed by atoms with van der Waals surface area (Å²) in [5.41, 5.74) is -0.171. The van der Waals surface area contributed by atoms with E-state index in [-0.39, 0.29) is 11.6 Å². The number of rotatable bonds is 5. The number of carbonyl (C=O) groups is 1. The molecule has 3 atom stereocenters. The second-order valence-corrected chi connectivity index (χ2v) is 6.65. The van der Waals surface area contributed by atoms with Crippen molar-refractivity contribution in [2.45, 2.75) is 70.1 Å².